The first kappa shape index (κ1) is 7.40. The summed E-state index contributed by atoms with van der Waals surface area (Å²) in [5.41, 5.74) is 1.64. The van der Waals surface area contributed by atoms with Crippen LogP contribution in [0.15, 0.2) is 12.5 Å². The van der Waals surface area contributed by atoms with Crippen LogP contribution in [0.5, 0.6) is 0 Å². The van der Waals surface area contributed by atoms with E-state index in [1.807, 2.05) is 0 Å². The summed E-state index contributed by atoms with van der Waals surface area (Å²) >= 11 is 0. The smallest absolute Gasteiger partial charge is 0.166 e. The molecule has 0 bridgehead atoms. The number of rotatable bonds is 0. The van der Waals surface area contributed by atoms with E-state index in [-0.39, 0.29) is 5.78 Å². The molecule has 0 saturated heterocycles. The minimum atomic E-state index is 0.184. The summed E-state index contributed by atoms with van der Waals surface area (Å²) in [6.07, 6.45) is 4.69. The molecule has 0 amide bonds. The highest BCUT2D eigenvalue weighted by Gasteiger charge is 2.23. The number of hydrogen-bond acceptors (Lipinski definition) is 3. The first-order valence-corrected chi connectivity index (χ1v) is 4.12. The Balaban J connectivity index is 2.55. The van der Waals surface area contributed by atoms with Crippen LogP contribution < -0.4 is 0 Å². The van der Waals surface area contributed by atoms with Crippen LogP contribution in [0.3, 0.4) is 0 Å². The van der Waals surface area contributed by atoms with Crippen molar-refractivity contribution in [1.82, 2.24) is 9.97 Å². The second-order valence-electron chi connectivity index (χ2n) is 3.18. The summed E-state index contributed by atoms with van der Waals surface area (Å²) in [6.45, 7) is 2.10. The quantitative estimate of drug-likeness (QED) is 0.581. The molecule has 0 spiro atoms. The molecule has 1 heterocycles. The van der Waals surface area contributed by atoms with Gasteiger partial charge in [-0.05, 0) is 12.3 Å². The topological polar surface area (TPSA) is 42.9 Å². The molecule has 1 atom stereocenters. The first-order chi connectivity index (χ1) is 5.79. The lowest BCUT2D eigenvalue weighted by Crippen LogP contribution is -2.15. The molecule has 62 valence electrons. The third-order valence-corrected chi connectivity index (χ3v) is 2.31. The van der Waals surface area contributed by atoms with Crippen molar-refractivity contribution in [2.45, 2.75) is 25.7 Å². The van der Waals surface area contributed by atoms with Crippen molar-refractivity contribution >= 4 is 5.78 Å². The minimum Gasteiger partial charge on any atom is -0.294 e. The van der Waals surface area contributed by atoms with Crippen molar-refractivity contribution in [3.8, 4) is 0 Å². The summed E-state index contributed by atoms with van der Waals surface area (Å²) in [4.78, 5) is 19.3. The van der Waals surface area contributed by atoms with E-state index in [1.165, 1.54) is 6.33 Å². The molecule has 0 fully saturated rings. The predicted molar refractivity (Wildman–Crippen MR) is 44.0 cm³/mol. The average molecular weight is 162 g/mol. The Bertz CT molecular complexity index is 322. The van der Waals surface area contributed by atoms with Crippen molar-refractivity contribution in [1.29, 1.82) is 0 Å². The van der Waals surface area contributed by atoms with E-state index >= 15 is 0 Å². The predicted octanol–water partition coefficient (Wildman–Crippen LogP) is 1.56. The Hall–Kier alpha value is -1.25. The van der Waals surface area contributed by atoms with Gasteiger partial charge in [0.2, 0.25) is 0 Å². The van der Waals surface area contributed by atoms with Crippen molar-refractivity contribution in [2.75, 3.05) is 0 Å². The number of hydrogen-bond donors (Lipinski definition) is 0. The van der Waals surface area contributed by atoms with Crippen molar-refractivity contribution in [3.05, 3.63) is 23.8 Å². The van der Waals surface area contributed by atoms with Gasteiger partial charge in [0.25, 0.3) is 0 Å². The Morgan fingerprint density at radius 2 is 2.42 bits per heavy atom. The lowest BCUT2D eigenvalue weighted by molar-refractivity contribution is 0.0966. The molecule has 1 aliphatic rings. The minimum absolute atomic E-state index is 0.184. The van der Waals surface area contributed by atoms with E-state index in [2.05, 4.69) is 16.9 Å². The maximum absolute atomic E-state index is 11.4. The molecular weight excluding hydrogens is 152 g/mol. The summed E-state index contributed by atoms with van der Waals surface area (Å²) in [7, 11) is 0. The third-order valence-electron chi connectivity index (χ3n) is 2.31. The van der Waals surface area contributed by atoms with Crippen LogP contribution in [0.25, 0.3) is 0 Å². The molecule has 1 aromatic heterocycles. The van der Waals surface area contributed by atoms with Gasteiger partial charge in [0.15, 0.2) is 5.78 Å². The van der Waals surface area contributed by atoms with Gasteiger partial charge in [0.1, 0.15) is 6.33 Å². The van der Waals surface area contributed by atoms with E-state index in [9.17, 15) is 4.79 Å². The zero-order valence-electron chi connectivity index (χ0n) is 6.95. The second-order valence-corrected chi connectivity index (χ2v) is 3.18. The molecule has 0 saturated carbocycles. The number of fused-ring (bicyclic) bond motifs is 1. The number of carbonyl (C=O) groups is 1. The Morgan fingerprint density at radius 3 is 3.17 bits per heavy atom. The molecule has 12 heavy (non-hydrogen) atoms. The molecule has 2 rings (SSSR count). The van der Waals surface area contributed by atoms with Crippen LogP contribution in [-0.4, -0.2) is 15.8 Å². The average Bonchev–Trinajstić information content (AvgIpc) is 2.12. The molecule has 1 aliphatic carbocycles. The van der Waals surface area contributed by atoms with Gasteiger partial charge in [-0.2, -0.15) is 0 Å². The molecule has 1 aromatic rings. The van der Waals surface area contributed by atoms with Gasteiger partial charge in [0.05, 0.1) is 11.3 Å². The van der Waals surface area contributed by atoms with Crippen LogP contribution in [-0.2, 0) is 0 Å². The summed E-state index contributed by atoms with van der Waals surface area (Å²) in [6, 6.07) is 0. The van der Waals surface area contributed by atoms with E-state index in [0.717, 1.165) is 17.7 Å². The molecular formula is C9H10N2O. The van der Waals surface area contributed by atoms with Crippen LogP contribution in [0.4, 0.5) is 0 Å². The maximum atomic E-state index is 11.4. The fourth-order valence-electron chi connectivity index (χ4n) is 1.57. The zero-order valence-corrected chi connectivity index (χ0v) is 6.95. The Morgan fingerprint density at radius 1 is 1.58 bits per heavy atom. The van der Waals surface area contributed by atoms with E-state index in [4.69, 9.17) is 0 Å². The molecule has 3 nitrogen and oxygen atoms in total. The fourth-order valence-corrected chi connectivity index (χ4v) is 1.57. The number of carbonyl (C=O) groups excluding carboxylic acids is 1. The number of ketones is 1. The van der Waals surface area contributed by atoms with Gasteiger partial charge < -0.3 is 0 Å². The molecule has 0 aromatic carbocycles. The van der Waals surface area contributed by atoms with Crippen molar-refractivity contribution in [3.63, 3.8) is 0 Å². The van der Waals surface area contributed by atoms with Crippen LogP contribution >= 0.6 is 0 Å². The van der Waals surface area contributed by atoms with Crippen molar-refractivity contribution < 1.29 is 4.79 Å². The second kappa shape index (κ2) is 2.66. The lowest BCUT2D eigenvalue weighted by Gasteiger charge is -2.18. The summed E-state index contributed by atoms with van der Waals surface area (Å²) in [5, 5.41) is 0. The first-order valence-electron chi connectivity index (χ1n) is 4.12. The van der Waals surface area contributed by atoms with Gasteiger partial charge in [-0.15, -0.1) is 0 Å². The van der Waals surface area contributed by atoms with Gasteiger partial charge in [0, 0.05) is 12.6 Å². The molecule has 0 aliphatic heterocycles. The van der Waals surface area contributed by atoms with Crippen LogP contribution in [0.2, 0.25) is 0 Å². The third kappa shape index (κ3) is 1.02. The number of aromatic nitrogens is 2. The van der Waals surface area contributed by atoms with Crippen LogP contribution in [0, 0.1) is 0 Å². The lowest BCUT2D eigenvalue weighted by atomic mass is 9.88. The number of nitrogens with zero attached hydrogens (tertiary/aromatic N) is 2. The largest absolute Gasteiger partial charge is 0.294 e. The number of Topliss-reactive ketones (excluding diaryl/α,β-unsaturated/α-hetero) is 1. The molecule has 0 radical (unpaired) electrons. The van der Waals surface area contributed by atoms with Gasteiger partial charge in [-0.3, -0.25) is 4.79 Å². The summed E-state index contributed by atoms with van der Waals surface area (Å²) in [5.74, 6) is 0.587. The van der Waals surface area contributed by atoms with Crippen LogP contribution in [0.1, 0.15) is 41.7 Å². The van der Waals surface area contributed by atoms with Crippen molar-refractivity contribution in [2.24, 2.45) is 0 Å². The van der Waals surface area contributed by atoms with Gasteiger partial charge in [-0.25, -0.2) is 9.97 Å². The zero-order chi connectivity index (χ0) is 8.55. The normalized spacial score (nSPS) is 22.1. The highest BCUT2D eigenvalue weighted by Crippen LogP contribution is 2.28. The monoisotopic (exact) mass is 162 g/mol. The van der Waals surface area contributed by atoms with Gasteiger partial charge in [-0.1, -0.05) is 6.92 Å². The van der Waals surface area contributed by atoms with E-state index < -0.39 is 0 Å². The highest BCUT2D eigenvalue weighted by molar-refractivity contribution is 5.97. The fraction of sp³-hybridized carbons (Fsp3) is 0.444. The van der Waals surface area contributed by atoms with E-state index in [0.29, 0.717) is 12.3 Å². The molecule has 0 N–H and O–H groups in total. The standard InChI is InChI=1S/C9H10N2O/c1-6-2-3-8(12)7-4-10-5-11-9(6)7/h4-6H,2-3H2,1H3. The Kier molecular flexibility index (Phi) is 1.64. The highest BCUT2D eigenvalue weighted by atomic mass is 16.1. The van der Waals surface area contributed by atoms with E-state index in [1.54, 1.807) is 6.20 Å². The Labute approximate surface area is 70.9 Å². The molecule has 1 unspecified atom stereocenters. The SMILES string of the molecule is CC1CCC(=O)c2cncnc21. The van der Waals surface area contributed by atoms with Gasteiger partial charge >= 0.3 is 0 Å². The maximum Gasteiger partial charge on any atom is 0.166 e. The summed E-state index contributed by atoms with van der Waals surface area (Å²) < 4.78 is 0. The molecule has 3 heteroatoms.